The van der Waals surface area contributed by atoms with E-state index in [2.05, 4.69) is 10.6 Å². The fourth-order valence-corrected chi connectivity index (χ4v) is 3.20. The lowest BCUT2D eigenvalue weighted by atomic mass is 10.0. The first kappa shape index (κ1) is 16.0. The predicted molar refractivity (Wildman–Crippen MR) is 82.1 cm³/mol. The molecule has 3 rings (SSSR count). The number of hydrogen-bond donors (Lipinski definition) is 3. The van der Waals surface area contributed by atoms with Crippen LogP contribution in [0.1, 0.15) is 39.9 Å². The van der Waals surface area contributed by atoms with Gasteiger partial charge in [0.2, 0.25) is 11.8 Å². The molecule has 1 aromatic rings. The van der Waals surface area contributed by atoms with Gasteiger partial charge in [0.1, 0.15) is 6.04 Å². The van der Waals surface area contributed by atoms with Crippen molar-refractivity contribution in [1.29, 1.82) is 0 Å². The van der Waals surface area contributed by atoms with Crippen LogP contribution in [0, 0.1) is 6.92 Å². The molecule has 0 bridgehead atoms. The second-order valence-corrected chi connectivity index (χ2v) is 6.00. The topological polar surface area (TPSA) is 116 Å². The van der Waals surface area contributed by atoms with Crippen LogP contribution in [0.25, 0.3) is 0 Å². The lowest BCUT2D eigenvalue weighted by molar-refractivity contribution is -0.136. The van der Waals surface area contributed by atoms with E-state index in [0.717, 1.165) is 11.1 Å². The molecule has 1 unspecified atom stereocenters. The largest absolute Gasteiger partial charge is 0.465 e. The number of aryl methyl sites for hydroxylation is 1. The number of benzene rings is 1. The highest BCUT2D eigenvalue weighted by Gasteiger charge is 2.39. The van der Waals surface area contributed by atoms with Crippen molar-refractivity contribution in [3.63, 3.8) is 0 Å². The minimum atomic E-state index is -1.13. The van der Waals surface area contributed by atoms with Gasteiger partial charge < -0.3 is 15.3 Å². The number of carbonyl (C=O) groups is 4. The van der Waals surface area contributed by atoms with Crippen LogP contribution in [0.4, 0.5) is 4.79 Å². The van der Waals surface area contributed by atoms with E-state index in [1.807, 2.05) is 13.0 Å². The summed E-state index contributed by atoms with van der Waals surface area (Å²) in [7, 11) is 0. The summed E-state index contributed by atoms with van der Waals surface area (Å²) in [4.78, 5) is 48.1. The minimum absolute atomic E-state index is 0.106. The van der Waals surface area contributed by atoms with E-state index in [1.165, 1.54) is 4.90 Å². The van der Waals surface area contributed by atoms with Gasteiger partial charge in [-0.25, -0.2) is 4.79 Å². The molecule has 2 aliphatic rings. The van der Waals surface area contributed by atoms with Crippen molar-refractivity contribution in [1.82, 2.24) is 15.5 Å². The van der Waals surface area contributed by atoms with E-state index >= 15 is 0 Å². The van der Waals surface area contributed by atoms with Gasteiger partial charge in [0.15, 0.2) is 0 Å². The maximum atomic E-state index is 12.7. The highest BCUT2D eigenvalue weighted by atomic mass is 16.4. The highest BCUT2D eigenvalue weighted by Crippen LogP contribution is 2.30. The summed E-state index contributed by atoms with van der Waals surface area (Å²) in [5, 5.41) is 13.2. The van der Waals surface area contributed by atoms with Gasteiger partial charge >= 0.3 is 6.09 Å². The molecular formula is C16H17N3O5. The van der Waals surface area contributed by atoms with Crippen LogP contribution in [0.5, 0.6) is 0 Å². The Morgan fingerprint density at radius 2 is 2.12 bits per heavy atom. The molecule has 24 heavy (non-hydrogen) atoms. The zero-order valence-electron chi connectivity index (χ0n) is 13.1. The quantitative estimate of drug-likeness (QED) is 0.699. The number of carboxylic acid groups (broad SMARTS) is 1. The number of imide groups is 1. The molecule has 1 fully saturated rings. The SMILES string of the molecule is Cc1cc(CNC(=O)O)cc2c1CN(C1CCC(=O)NC1=O)C2=O. The molecule has 8 nitrogen and oxygen atoms in total. The Labute approximate surface area is 137 Å². The summed E-state index contributed by atoms with van der Waals surface area (Å²) in [6.45, 7) is 2.28. The molecule has 1 saturated heterocycles. The average molecular weight is 331 g/mol. The van der Waals surface area contributed by atoms with Crippen molar-refractivity contribution in [2.24, 2.45) is 0 Å². The number of piperidine rings is 1. The molecule has 1 atom stereocenters. The predicted octanol–water partition coefficient (Wildman–Crippen LogP) is 0.524. The molecule has 2 heterocycles. The second kappa shape index (κ2) is 5.95. The third kappa shape index (κ3) is 2.82. The minimum Gasteiger partial charge on any atom is -0.465 e. The second-order valence-electron chi connectivity index (χ2n) is 6.00. The summed E-state index contributed by atoms with van der Waals surface area (Å²) in [6.07, 6.45) is -0.607. The number of rotatable bonds is 3. The smallest absolute Gasteiger partial charge is 0.404 e. The van der Waals surface area contributed by atoms with Crippen molar-refractivity contribution in [3.05, 3.63) is 34.4 Å². The Bertz CT molecular complexity index is 758. The number of amides is 4. The van der Waals surface area contributed by atoms with Crippen LogP contribution in [-0.4, -0.2) is 39.9 Å². The number of fused-ring (bicyclic) bond motifs is 1. The monoisotopic (exact) mass is 331 g/mol. The van der Waals surface area contributed by atoms with Gasteiger partial charge in [0, 0.05) is 25.1 Å². The lowest BCUT2D eigenvalue weighted by Crippen LogP contribution is -2.52. The summed E-state index contributed by atoms with van der Waals surface area (Å²) in [5.74, 6) is -1.03. The maximum absolute atomic E-state index is 12.7. The number of carbonyl (C=O) groups excluding carboxylic acids is 3. The normalized spacial score (nSPS) is 20.0. The molecule has 4 amide bonds. The van der Waals surface area contributed by atoms with Crippen molar-refractivity contribution in [3.8, 4) is 0 Å². The van der Waals surface area contributed by atoms with Crippen LogP contribution < -0.4 is 10.6 Å². The van der Waals surface area contributed by atoms with Gasteiger partial charge in [0.05, 0.1) is 0 Å². The first-order valence-corrected chi connectivity index (χ1v) is 7.60. The van der Waals surface area contributed by atoms with Gasteiger partial charge in [-0.3, -0.25) is 19.7 Å². The summed E-state index contributed by atoms with van der Waals surface area (Å²) >= 11 is 0. The first-order chi connectivity index (χ1) is 11.4. The number of hydrogen-bond acceptors (Lipinski definition) is 4. The lowest BCUT2D eigenvalue weighted by Gasteiger charge is -2.29. The molecule has 126 valence electrons. The van der Waals surface area contributed by atoms with Crippen molar-refractivity contribution >= 4 is 23.8 Å². The Kier molecular flexibility index (Phi) is 3.96. The van der Waals surface area contributed by atoms with Gasteiger partial charge in [-0.05, 0) is 36.1 Å². The van der Waals surface area contributed by atoms with E-state index in [-0.39, 0.29) is 24.8 Å². The molecule has 1 aromatic carbocycles. The van der Waals surface area contributed by atoms with Crippen LogP contribution in [0.3, 0.4) is 0 Å². The van der Waals surface area contributed by atoms with E-state index in [4.69, 9.17) is 5.11 Å². The zero-order valence-corrected chi connectivity index (χ0v) is 13.1. The molecule has 0 saturated carbocycles. The fourth-order valence-electron chi connectivity index (χ4n) is 3.20. The Hall–Kier alpha value is -2.90. The Balaban J connectivity index is 1.84. The molecule has 0 spiro atoms. The molecule has 8 heteroatoms. The van der Waals surface area contributed by atoms with E-state index in [1.54, 1.807) is 6.07 Å². The van der Waals surface area contributed by atoms with Gasteiger partial charge in [-0.15, -0.1) is 0 Å². The molecule has 0 radical (unpaired) electrons. The summed E-state index contributed by atoms with van der Waals surface area (Å²) in [5.41, 5.74) is 2.88. The van der Waals surface area contributed by atoms with Gasteiger partial charge in [-0.2, -0.15) is 0 Å². The molecule has 3 N–H and O–H groups in total. The highest BCUT2D eigenvalue weighted by molar-refractivity contribution is 6.05. The average Bonchev–Trinajstić information content (AvgIpc) is 2.83. The van der Waals surface area contributed by atoms with Crippen LogP contribution >= 0.6 is 0 Å². The van der Waals surface area contributed by atoms with Gasteiger partial charge in [0.25, 0.3) is 5.91 Å². The number of nitrogens with zero attached hydrogens (tertiary/aromatic N) is 1. The summed E-state index contributed by atoms with van der Waals surface area (Å²) in [6, 6.07) is 2.84. The van der Waals surface area contributed by atoms with E-state index < -0.39 is 18.0 Å². The third-order valence-electron chi connectivity index (χ3n) is 4.38. The van der Waals surface area contributed by atoms with Crippen molar-refractivity contribution in [2.45, 2.75) is 38.9 Å². The first-order valence-electron chi connectivity index (χ1n) is 7.60. The van der Waals surface area contributed by atoms with Crippen molar-refractivity contribution < 1.29 is 24.3 Å². The molecule has 0 aromatic heterocycles. The Morgan fingerprint density at radius 1 is 1.38 bits per heavy atom. The van der Waals surface area contributed by atoms with Gasteiger partial charge in [-0.1, -0.05) is 6.07 Å². The number of nitrogens with one attached hydrogen (secondary N) is 2. The van der Waals surface area contributed by atoms with Crippen LogP contribution in [-0.2, 0) is 22.7 Å². The summed E-state index contributed by atoms with van der Waals surface area (Å²) < 4.78 is 0. The zero-order chi connectivity index (χ0) is 17.4. The van der Waals surface area contributed by atoms with E-state index in [9.17, 15) is 19.2 Å². The third-order valence-corrected chi connectivity index (χ3v) is 4.38. The maximum Gasteiger partial charge on any atom is 0.404 e. The Morgan fingerprint density at radius 3 is 2.79 bits per heavy atom. The molecular weight excluding hydrogens is 314 g/mol. The van der Waals surface area contributed by atoms with Crippen LogP contribution in [0.15, 0.2) is 12.1 Å². The fraction of sp³-hybridized carbons (Fsp3) is 0.375. The van der Waals surface area contributed by atoms with Crippen molar-refractivity contribution in [2.75, 3.05) is 0 Å². The van der Waals surface area contributed by atoms with Crippen LogP contribution in [0.2, 0.25) is 0 Å². The standard InChI is InChI=1S/C16H17N3O5/c1-8-4-9(6-17-16(23)24)5-10-11(8)7-19(15(10)22)12-2-3-13(20)18-14(12)21/h4-5,12,17H,2-3,6-7H2,1H3,(H,23,24)(H,18,20,21). The van der Waals surface area contributed by atoms with E-state index in [0.29, 0.717) is 24.1 Å². The molecule has 0 aliphatic carbocycles. The molecule has 2 aliphatic heterocycles.